The number of nitrogens with two attached hydrogens (primary N) is 1. The third-order valence-corrected chi connectivity index (χ3v) is 3.10. The highest BCUT2D eigenvalue weighted by Crippen LogP contribution is 2.11. The number of nitrogens with one attached hydrogen (secondary N) is 2. The highest BCUT2D eigenvalue weighted by atomic mass is 35.5. The molecule has 1 rings (SSSR count). The van der Waals surface area contributed by atoms with Gasteiger partial charge in [0.15, 0.2) is 0 Å². The molecule has 0 radical (unpaired) electrons. The molecular weight excluding hydrogens is 316 g/mol. The number of benzene rings is 1. The van der Waals surface area contributed by atoms with Crippen LogP contribution in [-0.2, 0) is 4.79 Å². The van der Waals surface area contributed by atoms with Gasteiger partial charge in [0.05, 0.1) is 0 Å². The number of rotatable bonds is 6. The van der Waals surface area contributed by atoms with Crippen LogP contribution in [0, 0.1) is 17.6 Å². The van der Waals surface area contributed by atoms with E-state index in [1.165, 1.54) is 6.07 Å². The van der Waals surface area contributed by atoms with Gasteiger partial charge in [0.25, 0.3) is 5.91 Å². The lowest BCUT2D eigenvalue weighted by atomic mass is 10.0. The van der Waals surface area contributed by atoms with E-state index in [-0.39, 0.29) is 43.4 Å². The largest absolute Gasteiger partial charge is 0.354 e. The van der Waals surface area contributed by atoms with Gasteiger partial charge in [-0.3, -0.25) is 9.59 Å². The van der Waals surface area contributed by atoms with Crippen molar-refractivity contribution in [3.05, 3.63) is 35.4 Å². The molecule has 2 atom stereocenters. The lowest BCUT2D eigenvalue weighted by Gasteiger charge is -2.15. The SMILES string of the molecule is CC(N)C(C)C(=O)NCCNC(=O)c1c(F)cccc1F.Cl. The summed E-state index contributed by atoms with van der Waals surface area (Å²) in [5.41, 5.74) is 4.95. The van der Waals surface area contributed by atoms with Gasteiger partial charge in [0, 0.05) is 25.0 Å². The summed E-state index contributed by atoms with van der Waals surface area (Å²) >= 11 is 0. The fourth-order valence-electron chi connectivity index (χ4n) is 1.56. The van der Waals surface area contributed by atoms with Crippen LogP contribution in [0.2, 0.25) is 0 Å². The van der Waals surface area contributed by atoms with Gasteiger partial charge in [-0.1, -0.05) is 13.0 Å². The number of hydrogen-bond donors (Lipinski definition) is 3. The number of hydrogen-bond acceptors (Lipinski definition) is 3. The lowest BCUT2D eigenvalue weighted by Crippen LogP contribution is -2.41. The van der Waals surface area contributed by atoms with Crippen molar-refractivity contribution in [3.8, 4) is 0 Å². The molecule has 1 aromatic rings. The fraction of sp³-hybridized carbons (Fsp3) is 0.429. The van der Waals surface area contributed by atoms with E-state index >= 15 is 0 Å². The van der Waals surface area contributed by atoms with Gasteiger partial charge >= 0.3 is 0 Å². The highest BCUT2D eigenvalue weighted by molar-refractivity contribution is 5.94. The summed E-state index contributed by atoms with van der Waals surface area (Å²) in [4.78, 5) is 23.2. The van der Waals surface area contributed by atoms with Crippen LogP contribution in [-0.4, -0.2) is 30.9 Å². The van der Waals surface area contributed by atoms with Crippen LogP contribution in [0.1, 0.15) is 24.2 Å². The van der Waals surface area contributed by atoms with Crippen LogP contribution in [0.25, 0.3) is 0 Å². The average Bonchev–Trinajstić information content (AvgIpc) is 2.42. The molecule has 0 fully saturated rings. The molecule has 0 aliphatic carbocycles. The second-order valence-electron chi connectivity index (χ2n) is 4.79. The first kappa shape index (κ1) is 20.3. The minimum absolute atomic E-state index is 0. The zero-order chi connectivity index (χ0) is 16.0. The van der Waals surface area contributed by atoms with Crippen molar-refractivity contribution in [3.63, 3.8) is 0 Å². The van der Waals surface area contributed by atoms with E-state index in [1.54, 1.807) is 13.8 Å². The summed E-state index contributed by atoms with van der Waals surface area (Å²) < 4.78 is 26.7. The molecule has 0 saturated carbocycles. The Labute approximate surface area is 134 Å². The Morgan fingerprint density at radius 2 is 1.64 bits per heavy atom. The van der Waals surface area contributed by atoms with E-state index in [4.69, 9.17) is 5.73 Å². The topological polar surface area (TPSA) is 84.2 Å². The summed E-state index contributed by atoms with van der Waals surface area (Å²) in [6, 6.07) is 2.90. The van der Waals surface area contributed by atoms with Crippen molar-refractivity contribution in [2.75, 3.05) is 13.1 Å². The maximum absolute atomic E-state index is 13.3. The number of carbonyl (C=O) groups is 2. The number of halogens is 3. The molecule has 0 spiro atoms. The van der Waals surface area contributed by atoms with Crippen LogP contribution in [0.4, 0.5) is 8.78 Å². The maximum Gasteiger partial charge on any atom is 0.257 e. The van der Waals surface area contributed by atoms with E-state index in [2.05, 4.69) is 10.6 Å². The minimum atomic E-state index is -0.929. The molecule has 2 unspecified atom stereocenters. The van der Waals surface area contributed by atoms with Crippen LogP contribution >= 0.6 is 12.4 Å². The van der Waals surface area contributed by atoms with E-state index in [1.807, 2.05) is 0 Å². The Kier molecular flexibility index (Phi) is 8.59. The zero-order valence-corrected chi connectivity index (χ0v) is 13.2. The maximum atomic E-state index is 13.3. The van der Waals surface area contributed by atoms with Crippen molar-refractivity contribution >= 4 is 24.2 Å². The Balaban J connectivity index is 0.00000441. The van der Waals surface area contributed by atoms with Crippen LogP contribution in [0.3, 0.4) is 0 Å². The first-order chi connectivity index (χ1) is 9.84. The first-order valence-electron chi connectivity index (χ1n) is 6.60. The molecule has 0 heterocycles. The van der Waals surface area contributed by atoms with Crippen LogP contribution in [0.15, 0.2) is 18.2 Å². The molecule has 124 valence electrons. The van der Waals surface area contributed by atoms with Crippen molar-refractivity contribution in [2.45, 2.75) is 19.9 Å². The molecule has 5 nitrogen and oxygen atoms in total. The van der Waals surface area contributed by atoms with Gasteiger partial charge in [0.1, 0.15) is 17.2 Å². The van der Waals surface area contributed by atoms with Gasteiger partial charge < -0.3 is 16.4 Å². The molecule has 4 N–H and O–H groups in total. The summed E-state index contributed by atoms with van der Waals surface area (Å²) in [5.74, 6) is -3.31. The quantitative estimate of drug-likeness (QED) is 0.683. The molecule has 2 amide bonds. The Bertz CT molecular complexity index is 507. The normalized spacial score (nSPS) is 12.8. The van der Waals surface area contributed by atoms with Gasteiger partial charge in [-0.15, -0.1) is 12.4 Å². The van der Waals surface area contributed by atoms with Crippen LogP contribution in [0.5, 0.6) is 0 Å². The van der Waals surface area contributed by atoms with Crippen molar-refractivity contribution in [2.24, 2.45) is 11.7 Å². The molecule has 0 bridgehead atoms. The molecule has 1 aromatic carbocycles. The molecule has 0 aliphatic rings. The molecule has 22 heavy (non-hydrogen) atoms. The van der Waals surface area contributed by atoms with Crippen molar-refractivity contribution in [1.82, 2.24) is 10.6 Å². The number of carbonyl (C=O) groups excluding carboxylic acids is 2. The first-order valence-corrected chi connectivity index (χ1v) is 6.60. The van der Waals surface area contributed by atoms with Gasteiger partial charge in [-0.25, -0.2) is 8.78 Å². The number of amides is 2. The van der Waals surface area contributed by atoms with E-state index in [9.17, 15) is 18.4 Å². The predicted molar refractivity (Wildman–Crippen MR) is 81.8 cm³/mol. The third kappa shape index (κ3) is 5.57. The monoisotopic (exact) mass is 335 g/mol. The average molecular weight is 336 g/mol. The second-order valence-corrected chi connectivity index (χ2v) is 4.79. The van der Waals surface area contributed by atoms with Gasteiger partial charge in [-0.2, -0.15) is 0 Å². The van der Waals surface area contributed by atoms with Crippen LogP contribution < -0.4 is 16.4 Å². The van der Waals surface area contributed by atoms with Crippen molar-refractivity contribution in [1.29, 1.82) is 0 Å². The van der Waals surface area contributed by atoms with E-state index < -0.39 is 23.1 Å². The summed E-state index contributed by atoms with van der Waals surface area (Å²) in [6.45, 7) is 3.61. The minimum Gasteiger partial charge on any atom is -0.354 e. The molecule has 8 heteroatoms. The fourth-order valence-corrected chi connectivity index (χ4v) is 1.56. The van der Waals surface area contributed by atoms with Gasteiger partial charge in [-0.05, 0) is 19.1 Å². The summed E-state index contributed by atoms with van der Waals surface area (Å²) in [7, 11) is 0. The second kappa shape index (κ2) is 9.32. The van der Waals surface area contributed by atoms with Gasteiger partial charge in [0.2, 0.25) is 5.91 Å². The smallest absolute Gasteiger partial charge is 0.257 e. The molecule has 0 aromatic heterocycles. The zero-order valence-electron chi connectivity index (χ0n) is 12.4. The Hall–Kier alpha value is -1.73. The molecular formula is C14H20ClF2N3O2. The Morgan fingerprint density at radius 3 is 2.14 bits per heavy atom. The summed E-state index contributed by atoms with van der Waals surface area (Å²) in [5, 5.41) is 4.92. The molecule has 0 aliphatic heterocycles. The predicted octanol–water partition coefficient (Wildman–Crippen LogP) is 1.22. The van der Waals surface area contributed by atoms with E-state index in [0.29, 0.717) is 0 Å². The lowest BCUT2D eigenvalue weighted by molar-refractivity contribution is -0.124. The standard InChI is InChI=1S/C14H19F2N3O2.ClH/c1-8(9(2)17)13(20)18-6-7-19-14(21)12-10(15)4-3-5-11(12)16;/h3-5,8-9H,6-7,17H2,1-2H3,(H,18,20)(H,19,21);1H. The Morgan fingerprint density at radius 1 is 1.14 bits per heavy atom. The highest BCUT2D eigenvalue weighted by Gasteiger charge is 2.18. The van der Waals surface area contributed by atoms with Crippen molar-refractivity contribution < 1.29 is 18.4 Å². The molecule has 0 saturated heterocycles. The summed E-state index contributed by atoms with van der Waals surface area (Å²) in [6.07, 6.45) is 0. The van der Waals surface area contributed by atoms with E-state index in [0.717, 1.165) is 12.1 Å². The third-order valence-electron chi connectivity index (χ3n) is 3.10.